The predicted octanol–water partition coefficient (Wildman–Crippen LogP) is 1.25. The Hall–Kier alpha value is -1.83. The van der Waals surface area contributed by atoms with Gasteiger partial charge in [0.05, 0.1) is 12.5 Å². The highest BCUT2D eigenvalue weighted by atomic mass is 16.2. The van der Waals surface area contributed by atoms with E-state index in [9.17, 15) is 4.79 Å². The van der Waals surface area contributed by atoms with Crippen LogP contribution in [0.15, 0.2) is 6.07 Å². The van der Waals surface area contributed by atoms with Crippen LogP contribution in [0.2, 0.25) is 0 Å². The maximum absolute atomic E-state index is 12.2. The summed E-state index contributed by atoms with van der Waals surface area (Å²) in [5.41, 5.74) is 1.44. The molecule has 0 spiro atoms. The van der Waals surface area contributed by atoms with E-state index >= 15 is 0 Å². The SMILES string of the molecule is Cc1cc(C(=O)N(CCC#N)C2CC2)nn1C. The maximum atomic E-state index is 12.2. The lowest BCUT2D eigenvalue weighted by atomic mass is 10.3. The first-order chi connectivity index (χ1) is 8.13. The minimum Gasteiger partial charge on any atom is -0.333 e. The van der Waals surface area contributed by atoms with Crippen molar-refractivity contribution in [2.75, 3.05) is 6.54 Å². The number of hydrogen-bond acceptors (Lipinski definition) is 3. The number of amides is 1. The van der Waals surface area contributed by atoms with Crippen molar-refractivity contribution in [1.82, 2.24) is 14.7 Å². The molecular formula is C12H16N4O. The van der Waals surface area contributed by atoms with E-state index in [4.69, 9.17) is 5.26 Å². The highest BCUT2D eigenvalue weighted by molar-refractivity contribution is 5.92. The van der Waals surface area contributed by atoms with Gasteiger partial charge < -0.3 is 4.90 Å². The third kappa shape index (κ3) is 2.47. The zero-order valence-electron chi connectivity index (χ0n) is 10.2. The number of nitrogens with zero attached hydrogens (tertiary/aromatic N) is 4. The maximum Gasteiger partial charge on any atom is 0.274 e. The Bertz CT molecular complexity index is 448. The molecule has 1 heterocycles. The van der Waals surface area contributed by atoms with E-state index in [1.165, 1.54) is 0 Å². The summed E-state index contributed by atoms with van der Waals surface area (Å²) in [6, 6.07) is 4.20. The molecule has 1 aromatic heterocycles. The van der Waals surface area contributed by atoms with Gasteiger partial charge in [0.1, 0.15) is 0 Å². The molecule has 1 fully saturated rings. The van der Waals surface area contributed by atoms with Gasteiger partial charge >= 0.3 is 0 Å². The van der Waals surface area contributed by atoms with Gasteiger partial charge in [0, 0.05) is 25.3 Å². The molecule has 5 heteroatoms. The monoisotopic (exact) mass is 232 g/mol. The van der Waals surface area contributed by atoms with E-state index in [1.807, 2.05) is 14.0 Å². The molecule has 1 saturated carbocycles. The second-order valence-electron chi connectivity index (χ2n) is 4.43. The molecule has 0 unspecified atom stereocenters. The normalized spacial score (nSPS) is 14.4. The van der Waals surface area contributed by atoms with Gasteiger partial charge in [-0.25, -0.2) is 0 Å². The van der Waals surface area contributed by atoms with E-state index in [1.54, 1.807) is 15.6 Å². The molecule has 0 aliphatic heterocycles. The standard InChI is InChI=1S/C12H16N4O/c1-9-8-11(14-15(9)2)12(17)16(7-3-6-13)10-4-5-10/h8,10H,3-5,7H2,1-2H3. The molecule has 0 atom stereocenters. The molecule has 2 rings (SSSR count). The zero-order chi connectivity index (χ0) is 12.4. The molecule has 0 bridgehead atoms. The minimum atomic E-state index is -0.0496. The molecular weight excluding hydrogens is 216 g/mol. The van der Waals surface area contributed by atoms with Gasteiger partial charge in [0.25, 0.3) is 5.91 Å². The molecule has 1 aliphatic rings. The van der Waals surface area contributed by atoms with Crippen molar-refractivity contribution in [3.8, 4) is 6.07 Å². The van der Waals surface area contributed by atoms with Crippen LogP contribution in [-0.4, -0.2) is 33.2 Å². The minimum absolute atomic E-state index is 0.0496. The highest BCUT2D eigenvalue weighted by Crippen LogP contribution is 2.28. The summed E-state index contributed by atoms with van der Waals surface area (Å²) in [5.74, 6) is -0.0496. The van der Waals surface area contributed by atoms with E-state index < -0.39 is 0 Å². The first kappa shape index (κ1) is 11.6. The van der Waals surface area contributed by atoms with Crippen molar-refractivity contribution >= 4 is 5.91 Å². The van der Waals surface area contributed by atoms with Crippen molar-refractivity contribution in [2.45, 2.75) is 32.2 Å². The molecule has 1 aromatic rings. The third-order valence-corrected chi connectivity index (χ3v) is 3.05. The summed E-state index contributed by atoms with van der Waals surface area (Å²) in [6.07, 6.45) is 2.47. The fourth-order valence-electron chi connectivity index (χ4n) is 1.82. The molecule has 1 aliphatic carbocycles. The molecule has 1 amide bonds. The lowest BCUT2D eigenvalue weighted by Crippen LogP contribution is -2.34. The number of rotatable bonds is 4. The number of aromatic nitrogens is 2. The van der Waals surface area contributed by atoms with Crippen molar-refractivity contribution < 1.29 is 4.79 Å². The van der Waals surface area contributed by atoms with Crippen LogP contribution in [0.4, 0.5) is 0 Å². The highest BCUT2D eigenvalue weighted by Gasteiger charge is 2.33. The number of carbonyl (C=O) groups is 1. The van der Waals surface area contributed by atoms with Crippen LogP contribution in [0.1, 0.15) is 35.4 Å². The largest absolute Gasteiger partial charge is 0.333 e. The van der Waals surface area contributed by atoms with E-state index in [2.05, 4.69) is 11.2 Å². The first-order valence-corrected chi connectivity index (χ1v) is 5.82. The van der Waals surface area contributed by atoms with Crippen molar-refractivity contribution in [2.24, 2.45) is 7.05 Å². The van der Waals surface area contributed by atoms with Crippen LogP contribution in [0.5, 0.6) is 0 Å². The summed E-state index contributed by atoms with van der Waals surface area (Å²) >= 11 is 0. The second kappa shape index (κ2) is 4.58. The molecule has 17 heavy (non-hydrogen) atoms. The Morgan fingerprint density at radius 2 is 2.41 bits per heavy atom. The lowest BCUT2D eigenvalue weighted by molar-refractivity contribution is 0.0740. The van der Waals surface area contributed by atoms with Gasteiger partial charge in [0.2, 0.25) is 0 Å². The van der Waals surface area contributed by atoms with Gasteiger partial charge in [-0.1, -0.05) is 0 Å². The van der Waals surface area contributed by atoms with Crippen LogP contribution in [0, 0.1) is 18.3 Å². The second-order valence-corrected chi connectivity index (χ2v) is 4.43. The lowest BCUT2D eigenvalue weighted by Gasteiger charge is -2.19. The van der Waals surface area contributed by atoms with Crippen molar-refractivity contribution in [3.05, 3.63) is 17.5 Å². The third-order valence-electron chi connectivity index (χ3n) is 3.05. The van der Waals surface area contributed by atoms with Crippen LogP contribution >= 0.6 is 0 Å². The Balaban J connectivity index is 2.13. The molecule has 0 radical (unpaired) electrons. The molecule has 0 aromatic carbocycles. The summed E-state index contributed by atoms with van der Waals surface area (Å²) in [7, 11) is 1.82. The predicted molar refractivity (Wildman–Crippen MR) is 62.2 cm³/mol. The number of carbonyl (C=O) groups excluding carboxylic acids is 1. The Morgan fingerprint density at radius 1 is 1.71 bits per heavy atom. The van der Waals surface area contributed by atoms with Gasteiger partial charge in [-0.2, -0.15) is 10.4 Å². The smallest absolute Gasteiger partial charge is 0.274 e. The van der Waals surface area contributed by atoms with Crippen LogP contribution in [0.3, 0.4) is 0 Å². The van der Waals surface area contributed by atoms with Crippen molar-refractivity contribution in [3.63, 3.8) is 0 Å². The quantitative estimate of drug-likeness (QED) is 0.784. The average molecular weight is 232 g/mol. The topological polar surface area (TPSA) is 61.9 Å². The van der Waals surface area contributed by atoms with Gasteiger partial charge in [-0.05, 0) is 25.8 Å². The molecule has 0 saturated heterocycles. The zero-order valence-corrected chi connectivity index (χ0v) is 10.2. The fraction of sp³-hybridized carbons (Fsp3) is 0.583. The average Bonchev–Trinajstić information content (AvgIpc) is 3.07. The van der Waals surface area contributed by atoms with Crippen LogP contribution < -0.4 is 0 Å². The summed E-state index contributed by atoms with van der Waals surface area (Å²) in [4.78, 5) is 14.0. The van der Waals surface area contributed by atoms with Crippen LogP contribution in [0.25, 0.3) is 0 Å². The van der Waals surface area contributed by atoms with Crippen LogP contribution in [-0.2, 0) is 7.05 Å². The summed E-state index contributed by atoms with van der Waals surface area (Å²) in [6.45, 7) is 2.43. The van der Waals surface area contributed by atoms with E-state index in [0.717, 1.165) is 18.5 Å². The summed E-state index contributed by atoms with van der Waals surface area (Å²) in [5, 5.41) is 12.8. The van der Waals surface area contributed by atoms with Gasteiger partial charge in [0.15, 0.2) is 5.69 Å². The van der Waals surface area contributed by atoms with E-state index in [-0.39, 0.29) is 5.91 Å². The molecule has 5 nitrogen and oxygen atoms in total. The van der Waals surface area contributed by atoms with Crippen molar-refractivity contribution in [1.29, 1.82) is 5.26 Å². The Labute approximate surface area is 101 Å². The Kier molecular flexibility index (Phi) is 3.14. The number of hydrogen-bond donors (Lipinski definition) is 0. The number of aryl methyl sites for hydroxylation is 2. The molecule has 0 N–H and O–H groups in total. The van der Waals surface area contributed by atoms with Gasteiger partial charge in [-0.15, -0.1) is 0 Å². The van der Waals surface area contributed by atoms with Gasteiger partial charge in [-0.3, -0.25) is 9.48 Å². The fourth-order valence-corrected chi connectivity index (χ4v) is 1.82. The number of nitriles is 1. The Morgan fingerprint density at radius 3 is 2.88 bits per heavy atom. The molecule has 90 valence electrons. The summed E-state index contributed by atoms with van der Waals surface area (Å²) < 4.78 is 1.70. The van der Waals surface area contributed by atoms with E-state index in [0.29, 0.717) is 24.7 Å². The first-order valence-electron chi connectivity index (χ1n) is 5.82.